The molecule has 4 heterocycles. The molecule has 11 rings (SSSR count). The molecular weight excluding hydrogens is 960 g/mol. The van der Waals surface area contributed by atoms with Crippen LogP contribution < -0.4 is 14.5 Å². The predicted octanol–water partition coefficient (Wildman–Crippen LogP) is 15.1. The van der Waals surface area contributed by atoms with Crippen LogP contribution in [-0.2, 0) is 26.5 Å². The number of hydrogen-bond acceptors (Lipinski definition) is 5. The summed E-state index contributed by atoms with van der Waals surface area (Å²) in [6.07, 6.45) is 0. The molecule has 0 aliphatic carbocycles. The number of nitrogens with zero attached hydrogens (tertiary/aromatic N) is 4. The smallest absolute Gasteiger partial charge is 0.137 e. The minimum absolute atomic E-state index is 0. The first-order valence-electron chi connectivity index (χ1n) is 20.6. The van der Waals surface area contributed by atoms with E-state index >= 15 is 0 Å². The van der Waals surface area contributed by atoms with Gasteiger partial charge < -0.3 is 19.1 Å². The summed E-state index contributed by atoms with van der Waals surface area (Å²) in [7, 11) is 0. The molecule has 62 heavy (non-hydrogen) atoms. The molecule has 10 aromatic rings. The van der Waals surface area contributed by atoms with Gasteiger partial charge in [0.15, 0.2) is 0 Å². The van der Waals surface area contributed by atoms with Crippen molar-refractivity contribution in [3.8, 4) is 39.6 Å². The van der Waals surface area contributed by atoms with Crippen LogP contribution in [0.15, 0.2) is 169 Å². The van der Waals surface area contributed by atoms with E-state index in [1.165, 1.54) is 10.9 Å². The van der Waals surface area contributed by atoms with E-state index in [-0.39, 0.29) is 26.5 Å². The summed E-state index contributed by atoms with van der Waals surface area (Å²) < 4.78 is 9.06. The van der Waals surface area contributed by atoms with Gasteiger partial charge in [-0.1, -0.05) is 135 Å². The van der Waals surface area contributed by atoms with Gasteiger partial charge in [0.1, 0.15) is 10.6 Å². The SMILES string of the molecule is Cc1cc(-n2c3[c-]c(Oc4[c-]c(N5[CH-]N(c6c(-c7ccccc7)cccc6-c6ccccc6)c6ccccc65)cc(C(C)(C)C)c4)ccc3c3ccccc32)nc2sccc12.[Pt]. The number of aryl methyl sites for hydroxylation is 1. The summed E-state index contributed by atoms with van der Waals surface area (Å²) in [6.45, 7) is 11.1. The van der Waals surface area contributed by atoms with Gasteiger partial charge >= 0.3 is 0 Å². The number of thiophene rings is 1. The van der Waals surface area contributed by atoms with E-state index < -0.39 is 0 Å². The van der Waals surface area contributed by atoms with Gasteiger partial charge in [-0.25, -0.2) is 4.98 Å². The van der Waals surface area contributed by atoms with Crippen molar-refractivity contribution in [1.82, 2.24) is 9.55 Å². The number of para-hydroxylation sites is 4. The molecule has 0 bridgehead atoms. The van der Waals surface area contributed by atoms with Crippen LogP contribution in [0.1, 0.15) is 31.9 Å². The molecule has 0 unspecified atom stereocenters. The van der Waals surface area contributed by atoms with Crippen LogP contribution in [0, 0.1) is 25.7 Å². The second-order valence-electron chi connectivity index (χ2n) is 16.6. The van der Waals surface area contributed by atoms with Crippen LogP contribution in [0.4, 0.5) is 22.7 Å². The molecule has 1 aliphatic rings. The third-order valence-electron chi connectivity index (χ3n) is 11.7. The largest absolute Gasteiger partial charge is 0.509 e. The maximum Gasteiger partial charge on any atom is 0.137 e. The Hall–Kier alpha value is -6.46. The first kappa shape index (κ1) is 39.7. The molecule has 306 valence electrons. The molecule has 7 heteroatoms. The Bertz CT molecular complexity index is 3220. The van der Waals surface area contributed by atoms with E-state index in [9.17, 15) is 0 Å². The van der Waals surface area contributed by atoms with E-state index in [0.717, 1.165) is 83.0 Å². The number of fused-ring (bicyclic) bond motifs is 5. The normalized spacial score (nSPS) is 12.6. The fraction of sp³-hybridized carbons (Fsp3) is 0.0909. The van der Waals surface area contributed by atoms with Crippen molar-refractivity contribution in [3.63, 3.8) is 0 Å². The summed E-state index contributed by atoms with van der Waals surface area (Å²) in [6, 6.07) is 65.2. The maximum absolute atomic E-state index is 6.85. The van der Waals surface area contributed by atoms with Crippen LogP contribution >= 0.6 is 11.3 Å². The van der Waals surface area contributed by atoms with Crippen molar-refractivity contribution in [2.24, 2.45) is 0 Å². The Morgan fingerprint density at radius 3 is 1.98 bits per heavy atom. The first-order chi connectivity index (χ1) is 29.8. The van der Waals surface area contributed by atoms with Crippen molar-refractivity contribution >= 4 is 66.1 Å². The van der Waals surface area contributed by atoms with E-state index in [1.54, 1.807) is 11.3 Å². The average molecular weight is 1000 g/mol. The fourth-order valence-electron chi connectivity index (χ4n) is 8.63. The molecule has 3 aromatic heterocycles. The van der Waals surface area contributed by atoms with Gasteiger partial charge in [0.25, 0.3) is 0 Å². The molecule has 0 saturated heterocycles. The Labute approximate surface area is 380 Å². The molecule has 0 spiro atoms. The second-order valence-corrected chi connectivity index (χ2v) is 17.5. The summed E-state index contributed by atoms with van der Waals surface area (Å²) in [5.74, 6) is 2.09. The van der Waals surface area contributed by atoms with Crippen molar-refractivity contribution < 1.29 is 25.8 Å². The number of benzene rings is 7. The van der Waals surface area contributed by atoms with Gasteiger partial charge in [0.05, 0.1) is 0 Å². The standard InChI is InChI=1S/C55H41N4OS.Pt/c1-36-30-52(56-54-43(36)28-29-61-54)59-48-23-12-11-20-46(48)47-27-26-41(34-51(47)59)60-42-32-39(55(2,3)4)31-40(33-42)57-35-58(50-25-14-13-24-49(50)57)53-44(37-16-7-5-8-17-37)21-15-22-45(53)38-18-9-6-10-19-38;/h5-32,35H,1-4H3;/q-3;. The Kier molecular flexibility index (Phi) is 10.1. The van der Waals surface area contributed by atoms with E-state index in [2.05, 4.69) is 224 Å². The zero-order valence-electron chi connectivity index (χ0n) is 34.7. The monoisotopic (exact) mass is 1000 g/mol. The number of aromatic nitrogens is 2. The molecule has 0 radical (unpaired) electrons. The van der Waals surface area contributed by atoms with E-state index in [0.29, 0.717) is 11.5 Å². The van der Waals surface area contributed by atoms with Gasteiger partial charge in [-0.05, 0) is 70.1 Å². The average Bonchev–Trinajstić information content (AvgIpc) is 4.01. The Morgan fingerprint density at radius 1 is 0.613 bits per heavy atom. The molecule has 0 amide bonds. The third-order valence-corrected chi connectivity index (χ3v) is 12.5. The predicted molar refractivity (Wildman–Crippen MR) is 254 cm³/mol. The van der Waals surface area contributed by atoms with Crippen molar-refractivity contribution in [2.45, 2.75) is 33.1 Å². The molecule has 1 aliphatic heterocycles. The minimum Gasteiger partial charge on any atom is -0.509 e. The second kappa shape index (κ2) is 15.8. The third kappa shape index (κ3) is 6.88. The van der Waals surface area contributed by atoms with Crippen LogP contribution in [0.3, 0.4) is 0 Å². The van der Waals surface area contributed by atoms with Crippen LogP contribution in [0.2, 0.25) is 0 Å². The summed E-state index contributed by atoms with van der Waals surface area (Å²) in [5.41, 5.74) is 12.9. The van der Waals surface area contributed by atoms with Gasteiger partial charge in [0, 0.05) is 71.7 Å². The van der Waals surface area contributed by atoms with Crippen molar-refractivity contribution in [2.75, 3.05) is 9.80 Å². The zero-order chi connectivity index (χ0) is 41.2. The Balaban J connectivity index is 0.00000458. The molecule has 0 saturated carbocycles. The minimum atomic E-state index is -0.175. The van der Waals surface area contributed by atoms with E-state index in [1.807, 2.05) is 6.07 Å². The summed E-state index contributed by atoms with van der Waals surface area (Å²) in [4.78, 5) is 10.7. The van der Waals surface area contributed by atoms with Crippen LogP contribution in [0.25, 0.3) is 60.1 Å². The van der Waals surface area contributed by atoms with Gasteiger partial charge in [-0.3, -0.25) is 0 Å². The van der Waals surface area contributed by atoms with Gasteiger partial charge in [0.2, 0.25) is 0 Å². The maximum atomic E-state index is 6.85. The fourth-order valence-corrected chi connectivity index (χ4v) is 9.47. The Morgan fingerprint density at radius 2 is 1.27 bits per heavy atom. The van der Waals surface area contributed by atoms with Crippen LogP contribution in [-0.4, -0.2) is 9.55 Å². The van der Waals surface area contributed by atoms with Gasteiger partial charge in [-0.2, -0.15) is 6.07 Å². The molecule has 5 nitrogen and oxygen atoms in total. The molecule has 7 aromatic carbocycles. The molecule has 0 atom stereocenters. The topological polar surface area (TPSA) is 33.5 Å². The van der Waals surface area contributed by atoms with Gasteiger partial charge in [-0.15, -0.1) is 65.0 Å². The number of pyridine rings is 1. The molecule has 0 fully saturated rings. The number of anilines is 4. The zero-order valence-corrected chi connectivity index (χ0v) is 37.8. The molecular formula is C55H41N4OPtS-3. The number of rotatable bonds is 7. The van der Waals surface area contributed by atoms with E-state index in [4.69, 9.17) is 9.72 Å². The quantitative estimate of drug-likeness (QED) is 0.149. The summed E-state index contributed by atoms with van der Waals surface area (Å²) in [5, 5.41) is 5.53. The molecule has 0 N–H and O–H groups in total. The van der Waals surface area contributed by atoms with Crippen molar-refractivity contribution in [1.29, 1.82) is 0 Å². The number of ether oxygens (including phenoxy) is 1. The van der Waals surface area contributed by atoms with Crippen LogP contribution in [0.5, 0.6) is 11.5 Å². The summed E-state index contributed by atoms with van der Waals surface area (Å²) >= 11 is 1.66. The first-order valence-corrected chi connectivity index (χ1v) is 21.5. The number of hydrogen-bond donors (Lipinski definition) is 0. The van der Waals surface area contributed by atoms with Crippen molar-refractivity contribution in [3.05, 3.63) is 199 Å².